The number of nitrogens with one attached hydrogen (secondary N) is 2. The lowest BCUT2D eigenvalue weighted by atomic mass is 9.87. The minimum atomic E-state index is -3.75. The molecular formula is C28H34N4O4S. The number of hydrogen-bond donors (Lipinski definition) is 3. The van der Waals surface area contributed by atoms with Crippen LogP contribution in [0.5, 0.6) is 0 Å². The quantitative estimate of drug-likeness (QED) is 0.539. The summed E-state index contributed by atoms with van der Waals surface area (Å²) < 4.78 is 28.1. The Bertz CT molecular complexity index is 1360. The maximum absolute atomic E-state index is 13.8. The molecule has 5 rings (SSSR count). The summed E-state index contributed by atoms with van der Waals surface area (Å²) in [5.41, 5.74) is -0.188. The Hall–Kier alpha value is -2.98. The van der Waals surface area contributed by atoms with Gasteiger partial charge in [-0.05, 0) is 69.0 Å². The Labute approximate surface area is 218 Å². The second-order valence-electron chi connectivity index (χ2n) is 10.9. The zero-order chi connectivity index (χ0) is 26.4. The third-order valence-electron chi connectivity index (χ3n) is 6.97. The molecule has 3 aliphatic heterocycles. The van der Waals surface area contributed by atoms with E-state index in [4.69, 9.17) is 0 Å². The minimum absolute atomic E-state index is 0.0708. The van der Waals surface area contributed by atoms with Gasteiger partial charge < -0.3 is 15.3 Å². The number of rotatable bonds is 6. The molecule has 3 aliphatic rings. The van der Waals surface area contributed by atoms with Gasteiger partial charge in [-0.1, -0.05) is 36.4 Å². The second kappa shape index (κ2) is 9.40. The average Bonchev–Trinajstić information content (AvgIpc) is 3.47. The van der Waals surface area contributed by atoms with E-state index < -0.39 is 27.1 Å². The SMILES string of the molecule is CC(C)(C)NS(=O)(=O)c1ccc(C2(O)C(=O)N(CC3=CNC(N4CCCC4)C=C3)c3ccccc32)cc1. The number of dihydropyridines is 1. The van der Waals surface area contributed by atoms with Crippen LogP contribution in [-0.4, -0.2) is 55.7 Å². The van der Waals surface area contributed by atoms with Crippen molar-refractivity contribution in [1.82, 2.24) is 14.9 Å². The second-order valence-corrected chi connectivity index (χ2v) is 12.6. The summed E-state index contributed by atoms with van der Waals surface area (Å²) >= 11 is 0. The molecule has 2 atom stereocenters. The number of likely N-dealkylation sites (tertiary alicyclic amines) is 1. The van der Waals surface area contributed by atoms with Gasteiger partial charge in [0.1, 0.15) is 0 Å². The van der Waals surface area contributed by atoms with Crippen LogP contribution in [0.25, 0.3) is 0 Å². The maximum atomic E-state index is 13.8. The summed E-state index contributed by atoms with van der Waals surface area (Å²) in [7, 11) is -3.75. The van der Waals surface area contributed by atoms with Gasteiger partial charge in [0.25, 0.3) is 5.91 Å². The van der Waals surface area contributed by atoms with Crippen molar-refractivity contribution in [3.05, 3.63) is 83.6 Å². The monoisotopic (exact) mass is 522 g/mol. The lowest BCUT2D eigenvalue weighted by Gasteiger charge is -2.29. The Morgan fingerprint density at radius 2 is 1.76 bits per heavy atom. The summed E-state index contributed by atoms with van der Waals surface area (Å²) in [6.45, 7) is 7.75. The number of hydrogen-bond acceptors (Lipinski definition) is 6. The Balaban J connectivity index is 1.40. The third-order valence-corrected chi connectivity index (χ3v) is 8.74. The van der Waals surface area contributed by atoms with Crippen LogP contribution in [0.2, 0.25) is 0 Å². The number of amides is 1. The highest BCUT2D eigenvalue weighted by molar-refractivity contribution is 7.89. The number of carbonyl (C=O) groups excluding carboxylic acids is 1. The van der Waals surface area contributed by atoms with Crippen LogP contribution in [0.15, 0.2) is 77.4 Å². The Morgan fingerprint density at radius 3 is 2.38 bits per heavy atom. The van der Waals surface area contributed by atoms with E-state index in [1.54, 1.807) is 37.8 Å². The van der Waals surface area contributed by atoms with Crippen LogP contribution in [-0.2, 0) is 20.4 Å². The zero-order valence-corrected chi connectivity index (χ0v) is 22.3. The summed E-state index contributed by atoms with van der Waals surface area (Å²) in [6, 6.07) is 13.1. The van der Waals surface area contributed by atoms with Crippen molar-refractivity contribution in [2.24, 2.45) is 0 Å². The van der Waals surface area contributed by atoms with E-state index in [0.29, 0.717) is 23.4 Å². The molecule has 8 nitrogen and oxygen atoms in total. The molecule has 37 heavy (non-hydrogen) atoms. The summed E-state index contributed by atoms with van der Waals surface area (Å²) in [6.07, 6.45) is 8.67. The van der Waals surface area contributed by atoms with E-state index in [1.165, 1.54) is 37.1 Å². The van der Waals surface area contributed by atoms with Crippen molar-refractivity contribution in [3.63, 3.8) is 0 Å². The molecule has 2 aromatic rings. The highest BCUT2D eigenvalue weighted by Crippen LogP contribution is 2.44. The van der Waals surface area contributed by atoms with E-state index in [2.05, 4.69) is 21.0 Å². The van der Waals surface area contributed by atoms with Gasteiger partial charge in [0.05, 0.1) is 23.3 Å². The molecule has 196 valence electrons. The number of anilines is 1. The van der Waals surface area contributed by atoms with Crippen LogP contribution in [0.1, 0.15) is 44.7 Å². The lowest BCUT2D eigenvalue weighted by Crippen LogP contribution is -2.44. The van der Waals surface area contributed by atoms with Crippen molar-refractivity contribution >= 4 is 21.6 Å². The first-order chi connectivity index (χ1) is 17.5. The minimum Gasteiger partial charge on any atom is -0.372 e. The first-order valence-corrected chi connectivity index (χ1v) is 14.1. The van der Waals surface area contributed by atoms with Gasteiger partial charge in [-0.3, -0.25) is 9.69 Å². The third kappa shape index (κ3) is 4.84. The molecule has 3 N–H and O–H groups in total. The molecule has 0 aliphatic carbocycles. The highest BCUT2D eigenvalue weighted by atomic mass is 32.2. The summed E-state index contributed by atoms with van der Waals surface area (Å²) in [5.74, 6) is -0.465. The van der Waals surface area contributed by atoms with Gasteiger partial charge >= 0.3 is 0 Å². The molecular weight excluding hydrogens is 488 g/mol. The first kappa shape index (κ1) is 25.7. The molecule has 1 fully saturated rings. The van der Waals surface area contributed by atoms with Crippen LogP contribution in [0, 0.1) is 0 Å². The van der Waals surface area contributed by atoms with Gasteiger partial charge in [-0.2, -0.15) is 0 Å². The summed E-state index contributed by atoms with van der Waals surface area (Å²) in [5, 5.41) is 15.3. The van der Waals surface area contributed by atoms with Crippen molar-refractivity contribution in [2.75, 3.05) is 24.5 Å². The molecule has 2 aromatic carbocycles. The van der Waals surface area contributed by atoms with Crippen molar-refractivity contribution < 1.29 is 18.3 Å². The van der Waals surface area contributed by atoms with Gasteiger partial charge in [0.15, 0.2) is 5.60 Å². The summed E-state index contributed by atoms with van der Waals surface area (Å²) in [4.78, 5) is 17.8. The number of sulfonamides is 1. The number of benzene rings is 2. The highest BCUT2D eigenvalue weighted by Gasteiger charge is 2.51. The van der Waals surface area contributed by atoms with Gasteiger partial charge in [-0.25, -0.2) is 13.1 Å². The fourth-order valence-electron chi connectivity index (χ4n) is 5.25. The van der Waals surface area contributed by atoms with E-state index in [9.17, 15) is 18.3 Å². The van der Waals surface area contributed by atoms with Gasteiger partial charge in [-0.15, -0.1) is 0 Å². The fourth-order valence-corrected chi connectivity index (χ4v) is 6.67. The first-order valence-electron chi connectivity index (χ1n) is 12.6. The standard InChI is InChI=1S/C28H34N4O4S/c1-27(2,3)30-37(35,36)22-13-11-21(12-14-22)28(34)23-8-4-5-9-24(23)32(26(28)33)19-20-10-15-25(29-18-20)31-16-6-7-17-31/h4-5,8-15,18,25,29-30,34H,6-7,16-17,19H2,1-3H3. The van der Waals surface area contributed by atoms with Crippen molar-refractivity contribution in [3.8, 4) is 0 Å². The van der Waals surface area contributed by atoms with Crippen LogP contribution >= 0.6 is 0 Å². The van der Waals surface area contributed by atoms with E-state index in [0.717, 1.165) is 18.7 Å². The van der Waals surface area contributed by atoms with Crippen molar-refractivity contribution in [2.45, 2.75) is 55.8 Å². The van der Waals surface area contributed by atoms with Gasteiger partial charge in [0.2, 0.25) is 10.0 Å². The lowest BCUT2D eigenvalue weighted by molar-refractivity contribution is -0.132. The molecule has 2 unspecified atom stereocenters. The van der Waals surface area contributed by atoms with Crippen LogP contribution < -0.4 is 14.9 Å². The number of nitrogens with zero attached hydrogens (tertiary/aromatic N) is 2. The number of carbonyl (C=O) groups is 1. The topological polar surface area (TPSA) is 102 Å². The number of fused-ring (bicyclic) bond motifs is 1. The van der Waals surface area contributed by atoms with E-state index in [-0.39, 0.29) is 11.1 Å². The van der Waals surface area contributed by atoms with E-state index in [1.807, 2.05) is 24.4 Å². The van der Waals surface area contributed by atoms with E-state index >= 15 is 0 Å². The van der Waals surface area contributed by atoms with Crippen LogP contribution in [0.3, 0.4) is 0 Å². The van der Waals surface area contributed by atoms with Gasteiger partial charge in [0, 0.05) is 30.4 Å². The average molecular weight is 523 g/mol. The molecule has 0 saturated carbocycles. The predicted octanol–water partition coefficient (Wildman–Crippen LogP) is 2.81. The number of para-hydroxylation sites is 1. The molecule has 1 saturated heterocycles. The molecule has 0 spiro atoms. The molecule has 0 aromatic heterocycles. The largest absolute Gasteiger partial charge is 0.372 e. The predicted molar refractivity (Wildman–Crippen MR) is 143 cm³/mol. The number of aliphatic hydroxyl groups is 1. The molecule has 3 heterocycles. The van der Waals surface area contributed by atoms with Crippen molar-refractivity contribution in [1.29, 1.82) is 0 Å². The Kier molecular flexibility index (Phi) is 6.52. The fraction of sp³-hybridized carbons (Fsp3) is 0.393. The molecule has 0 radical (unpaired) electrons. The Morgan fingerprint density at radius 1 is 1.08 bits per heavy atom. The zero-order valence-electron chi connectivity index (χ0n) is 21.4. The smallest absolute Gasteiger partial charge is 0.268 e. The molecule has 9 heteroatoms. The molecule has 1 amide bonds. The molecule has 0 bridgehead atoms. The normalized spacial score (nSPS) is 24.2. The van der Waals surface area contributed by atoms with Crippen LogP contribution in [0.4, 0.5) is 5.69 Å². The maximum Gasteiger partial charge on any atom is 0.268 e.